The molecule has 0 radical (unpaired) electrons. The molecule has 0 spiro atoms. The van der Waals surface area contributed by atoms with E-state index in [1.54, 1.807) is 31.2 Å². The first kappa shape index (κ1) is 22.5. The summed E-state index contributed by atoms with van der Waals surface area (Å²) in [5.74, 6) is -0.482. The summed E-state index contributed by atoms with van der Waals surface area (Å²) in [6.45, 7) is 5.27. The molecule has 1 N–H and O–H groups in total. The number of nitro benzene ring substituents is 1. The minimum Gasteiger partial charge on any atom is -0.465 e. The second kappa shape index (κ2) is 9.62. The molecule has 0 aliphatic rings. The maximum atomic E-state index is 12.7. The van der Waals surface area contributed by atoms with Crippen LogP contribution in [0.5, 0.6) is 0 Å². The summed E-state index contributed by atoms with van der Waals surface area (Å²) in [5, 5.41) is 11.0. The van der Waals surface area contributed by atoms with Gasteiger partial charge in [-0.25, -0.2) is 8.42 Å². The van der Waals surface area contributed by atoms with Crippen LogP contribution in [0.3, 0.4) is 0 Å². The number of carbonyl (C=O) groups excluding carboxylic acids is 1. The Morgan fingerprint density at radius 1 is 1.17 bits per heavy atom. The van der Waals surface area contributed by atoms with Crippen LogP contribution in [0.1, 0.15) is 26.3 Å². The Bertz CT molecular complexity index is 1000. The Balaban J connectivity index is 2.43. The summed E-state index contributed by atoms with van der Waals surface area (Å²) in [5.41, 5.74) is 1.82. The molecule has 0 atom stereocenters. The van der Waals surface area contributed by atoms with Crippen molar-refractivity contribution in [3.05, 3.63) is 58.1 Å². The molecule has 29 heavy (non-hydrogen) atoms. The van der Waals surface area contributed by atoms with Gasteiger partial charge in [-0.3, -0.25) is 14.9 Å². The van der Waals surface area contributed by atoms with Gasteiger partial charge in [0, 0.05) is 12.1 Å². The van der Waals surface area contributed by atoms with E-state index in [9.17, 15) is 23.3 Å². The number of hydrogen-bond acceptors (Lipinski definition) is 6. The smallest absolute Gasteiger partial charge is 0.321 e. The molecule has 0 aromatic heterocycles. The molecule has 0 aliphatic carbocycles. The summed E-state index contributed by atoms with van der Waals surface area (Å²) in [4.78, 5) is 22.1. The van der Waals surface area contributed by atoms with Gasteiger partial charge in [-0.15, -0.1) is 0 Å². The summed E-state index contributed by atoms with van der Waals surface area (Å²) in [7, 11) is -3.93. The normalized spacial score (nSPS) is 11.4. The van der Waals surface area contributed by atoms with Crippen LogP contribution in [0.15, 0.2) is 47.4 Å². The molecule has 0 aliphatic heterocycles. The fraction of sp³-hybridized carbons (Fsp3) is 0.350. The summed E-state index contributed by atoms with van der Waals surface area (Å²) in [6.07, 6.45) is 0.485. The van der Waals surface area contributed by atoms with Crippen molar-refractivity contribution in [2.24, 2.45) is 5.92 Å². The molecule has 0 bridgehead atoms. The second-order valence-corrected chi connectivity index (χ2v) is 8.59. The zero-order valence-corrected chi connectivity index (χ0v) is 17.4. The van der Waals surface area contributed by atoms with Gasteiger partial charge in [0.2, 0.25) is 10.0 Å². The molecule has 9 heteroatoms. The molecule has 2 rings (SSSR count). The van der Waals surface area contributed by atoms with E-state index < -0.39 is 27.5 Å². The lowest BCUT2D eigenvalue weighted by atomic mass is 9.97. The molecule has 0 unspecified atom stereocenters. The Kier molecular flexibility index (Phi) is 7.46. The van der Waals surface area contributed by atoms with E-state index in [0.717, 1.165) is 0 Å². The van der Waals surface area contributed by atoms with Crippen molar-refractivity contribution in [1.29, 1.82) is 0 Å². The molecule has 2 aromatic carbocycles. The van der Waals surface area contributed by atoms with Crippen molar-refractivity contribution in [3.63, 3.8) is 0 Å². The lowest BCUT2D eigenvalue weighted by Gasteiger charge is -2.15. The molecule has 0 heterocycles. The Morgan fingerprint density at radius 3 is 2.48 bits per heavy atom. The van der Waals surface area contributed by atoms with Gasteiger partial charge in [-0.1, -0.05) is 32.0 Å². The highest BCUT2D eigenvalue weighted by Crippen LogP contribution is 2.29. The zero-order chi connectivity index (χ0) is 21.6. The predicted octanol–water partition coefficient (Wildman–Crippen LogP) is 3.30. The number of benzene rings is 2. The summed E-state index contributed by atoms with van der Waals surface area (Å²) < 4.78 is 32.5. The maximum absolute atomic E-state index is 12.7. The fourth-order valence-corrected chi connectivity index (χ4v) is 4.06. The molecule has 0 saturated heterocycles. The van der Waals surface area contributed by atoms with E-state index in [4.69, 9.17) is 4.74 Å². The predicted molar refractivity (Wildman–Crippen MR) is 109 cm³/mol. The van der Waals surface area contributed by atoms with Crippen molar-refractivity contribution in [3.8, 4) is 11.1 Å². The quantitative estimate of drug-likeness (QED) is 0.378. The summed E-state index contributed by atoms with van der Waals surface area (Å²) in [6, 6.07) is 10.9. The van der Waals surface area contributed by atoms with Gasteiger partial charge in [0.25, 0.3) is 5.69 Å². The molecular formula is C20H24N2O6S. The SMILES string of the molecule is CCOC(=O)CNS(=O)(=O)c1ccc(-c2cccc([N+](=O)[O-])c2)cc1CC(C)C. The minimum absolute atomic E-state index is 0.0410. The van der Waals surface area contributed by atoms with Crippen molar-refractivity contribution < 1.29 is 22.9 Å². The van der Waals surface area contributed by atoms with Gasteiger partial charge >= 0.3 is 5.97 Å². The standard InChI is InChI=1S/C20H24N2O6S/c1-4-28-20(23)13-21-29(26,27)19-9-8-16(11-17(19)10-14(2)3)15-6-5-7-18(12-15)22(24)25/h5-9,11-12,14,21H,4,10,13H2,1-3H3. The number of hydrogen-bond donors (Lipinski definition) is 1. The average molecular weight is 420 g/mol. The van der Waals surface area contributed by atoms with Crippen LogP contribution in [0.4, 0.5) is 5.69 Å². The number of nitro groups is 1. The van der Waals surface area contributed by atoms with Crippen molar-refractivity contribution in [2.75, 3.05) is 13.2 Å². The van der Waals surface area contributed by atoms with Crippen LogP contribution < -0.4 is 4.72 Å². The number of esters is 1. The number of ether oxygens (including phenoxy) is 1. The molecule has 0 fully saturated rings. The average Bonchev–Trinajstić information content (AvgIpc) is 2.66. The van der Waals surface area contributed by atoms with Crippen molar-refractivity contribution in [1.82, 2.24) is 4.72 Å². The Hall–Kier alpha value is -2.78. The van der Waals surface area contributed by atoms with Crippen LogP contribution in [0.2, 0.25) is 0 Å². The van der Waals surface area contributed by atoms with E-state index in [0.29, 0.717) is 23.1 Å². The summed E-state index contributed by atoms with van der Waals surface area (Å²) >= 11 is 0. The highest BCUT2D eigenvalue weighted by molar-refractivity contribution is 7.89. The van der Waals surface area contributed by atoms with E-state index >= 15 is 0 Å². The lowest BCUT2D eigenvalue weighted by molar-refractivity contribution is -0.384. The first-order valence-corrected chi connectivity index (χ1v) is 10.7. The van der Waals surface area contributed by atoms with Gasteiger partial charge in [-0.2, -0.15) is 4.72 Å². The van der Waals surface area contributed by atoms with E-state index in [2.05, 4.69) is 4.72 Å². The van der Waals surface area contributed by atoms with Gasteiger partial charge in [0.15, 0.2) is 0 Å². The van der Waals surface area contributed by atoms with Crippen molar-refractivity contribution in [2.45, 2.75) is 32.1 Å². The fourth-order valence-electron chi connectivity index (χ4n) is 2.86. The van der Waals surface area contributed by atoms with Crippen LogP contribution in [0.25, 0.3) is 11.1 Å². The molecule has 156 valence electrons. The third-order valence-corrected chi connectivity index (χ3v) is 5.58. The zero-order valence-electron chi connectivity index (χ0n) is 16.5. The van der Waals surface area contributed by atoms with Gasteiger partial charge in [0.1, 0.15) is 6.54 Å². The second-order valence-electron chi connectivity index (χ2n) is 6.86. The third-order valence-electron chi connectivity index (χ3n) is 4.08. The number of sulfonamides is 1. The van der Waals surface area contributed by atoms with E-state index in [-0.39, 0.29) is 23.1 Å². The molecule has 8 nitrogen and oxygen atoms in total. The van der Waals surface area contributed by atoms with Gasteiger partial charge < -0.3 is 4.74 Å². The number of nitrogens with one attached hydrogen (secondary N) is 1. The minimum atomic E-state index is -3.93. The van der Waals surface area contributed by atoms with Gasteiger partial charge in [0.05, 0.1) is 16.4 Å². The molecular weight excluding hydrogens is 396 g/mol. The largest absolute Gasteiger partial charge is 0.465 e. The number of nitrogens with zero attached hydrogens (tertiary/aromatic N) is 1. The maximum Gasteiger partial charge on any atom is 0.321 e. The van der Waals surface area contributed by atoms with Crippen LogP contribution >= 0.6 is 0 Å². The first-order chi connectivity index (χ1) is 13.6. The lowest BCUT2D eigenvalue weighted by Crippen LogP contribution is -2.31. The highest BCUT2D eigenvalue weighted by Gasteiger charge is 2.21. The molecule has 0 saturated carbocycles. The Morgan fingerprint density at radius 2 is 1.86 bits per heavy atom. The monoisotopic (exact) mass is 420 g/mol. The van der Waals surface area contributed by atoms with Crippen LogP contribution in [-0.2, 0) is 26.0 Å². The highest BCUT2D eigenvalue weighted by atomic mass is 32.2. The first-order valence-electron chi connectivity index (χ1n) is 9.17. The molecule has 0 amide bonds. The van der Waals surface area contributed by atoms with Crippen LogP contribution in [-0.4, -0.2) is 32.5 Å². The Labute approximate surface area is 170 Å². The topological polar surface area (TPSA) is 116 Å². The van der Waals surface area contributed by atoms with Crippen molar-refractivity contribution >= 4 is 21.7 Å². The van der Waals surface area contributed by atoms with E-state index in [1.807, 2.05) is 13.8 Å². The number of carbonyl (C=O) groups is 1. The van der Waals surface area contributed by atoms with E-state index in [1.165, 1.54) is 18.2 Å². The number of rotatable bonds is 9. The third kappa shape index (κ3) is 6.10. The molecule has 2 aromatic rings. The van der Waals surface area contributed by atoms with Gasteiger partial charge in [-0.05, 0) is 48.1 Å². The van der Waals surface area contributed by atoms with Crippen LogP contribution in [0, 0.1) is 16.0 Å². The number of non-ortho nitro benzene ring substituents is 1.